The standard InChI is InChI=1S/C16H11N5O2S/c22-14(18-16-17-12-7-3-4-8-13(12)24-16)9-21-15(23)10-5-1-2-6-11(10)19-20-21/h1-8H,9H2,(H,17,18,22). The zero-order chi connectivity index (χ0) is 16.5. The molecule has 2 heterocycles. The van der Waals surface area contributed by atoms with Crippen molar-refractivity contribution in [2.24, 2.45) is 0 Å². The summed E-state index contributed by atoms with van der Waals surface area (Å²) in [6.07, 6.45) is 0. The van der Waals surface area contributed by atoms with Gasteiger partial charge in [-0.05, 0) is 24.3 Å². The van der Waals surface area contributed by atoms with Crippen LogP contribution in [0.2, 0.25) is 0 Å². The lowest BCUT2D eigenvalue weighted by molar-refractivity contribution is -0.117. The molecule has 2 aromatic carbocycles. The third-order valence-electron chi connectivity index (χ3n) is 3.46. The molecule has 2 aromatic heterocycles. The first kappa shape index (κ1) is 14.5. The first-order valence-electron chi connectivity index (χ1n) is 7.19. The van der Waals surface area contributed by atoms with Crippen LogP contribution in [0, 0.1) is 0 Å². The van der Waals surface area contributed by atoms with Crippen molar-refractivity contribution < 1.29 is 4.79 Å². The topological polar surface area (TPSA) is 89.8 Å². The van der Waals surface area contributed by atoms with E-state index in [1.165, 1.54) is 11.3 Å². The number of anilines is 1. The highest BCUT2D eigenvalue weighted by Crippen LogP contribution is 2.25. The Kier molecular flexibility index (Phi) is 3.51. The number of hydrogen-bond donors (Lipinski definition) is 1. The molecule has 0 spiro atoms. The molecule has 0 unspecified atom stereocenters. The second kappa shape index (κ2) is 5.82. The summed E-state index contributed by atoms with van der Waals surface area (Å²) in [5.74, 6) is -0.374. The lowest BCUT2D eigenvalue weighted by atomic mass is 10.2. The van der Waals surface area contributed by atoms with Gasteiger partial charge in [0.25, 0.3) is 5.56 Å². The van der Waals surface area contributed by atoms with Crippen LogP contribution in [-0.4, -0.2) is 25.9 Å². The highest BCUT2D eigenvalue weighted by atomic mass is 32.1. The van der Waals surface area contributed by atoms with E-state index in [1.807, 2.05) is 24.3 Å². The van der Waals surface area contributed by atoms with Crippen molar-refractivity contribution in [1.29, 1.82) is 0 Å². The van der Waals surface area contributed by atoms with Gasteiger partial charge in [0.15, 0.2) is 5.13 Å². The molecular weight excluding hydrogens is 326 g/mol. The Balaban J connectivity index is 1.57. The minimum atomic E-state index is -0.374. The third-order valence-corrected chi connectivity index (χ3v) is 4.41. The molecule has 0 aliphatic carbocycles. The molecule has 0 saturated carbocycles. The Morgan fingerprint density at radius 3 is 2.67 bits per heavy atom. The Morgan fingerprint density at radius 2 is 1.83 bits per heavy atom. The molecule has 4 rings (SSSR count). The van der Waals surface area contributed by atoms with Crippen molar-refractivity contribution in [1.82, 2.24) is 20.0 Å². The van der Waals surface area contributed by atoms with E-state index >= 15 is 0 Å². The van der Waals surface area contributed by atoms with E-state index in [-0.39, 0.29) is 18.0 Å². The van der Waals surface area contributed by atoms with E-state index in [0.29, 0.717) is 16.0 Å². The van der Waals surface area contributed by atoms with Gasteiger partial charge in [0.05, 0.1) is 15.6 Å². The number of benzene rings is 2. The quantitative estimate of drug-likeness (QED) is 0.618. The highest BCUT2D eigenvalue weighted by molar-refractivity contribution is 7.22. The second-order valence-corrected chi connectivity index (χ2v) is 6.13. The van der Waals surface area contributed by atoms with Crippen molar-refractivity contribution in [3.8, 4) is 0 Å². The zero-order valence-corrected chi connectivity index (χ0v) is 13.2. The van der Waals surface area contributed by atoms with Gasteiger partial charge in [-0.2, -0.15) is 0 Å². The normalized spacial score (nSPS) is 11.0. The van der Waals surface area contributed by atoms with Gasteiger partial charge in [-0.1, -0.05) is 40.8 Å². The minimum Gasteiger partial charge on any atom is -0.300 e. The highest BCUT2D eigenvalue weighted by Gasteiger charge is 2.11. The second-order valence-electron chi connectivity index (χ2n) is 5.10. The van der Waals surface area contributed by atoms with Crippen LogP contribution in [0.5, 0.6) is 0 Å². The van der Waals surface area contributed by atoms with Gasteiger partial charge in [0.2, 0.25) is 5.91 Å². The molecule has 1 N–H and O–H groups in total. The van der Waals surface area contributed by atoms with Crippen LogP contribution in [0.15, 0.2) is 53.3 Å². The van der Waals surface area contributed by atoms with Crippen LogP contribution in [0.4, 0.5) is 5.13 Å². The van der Waals surface area contributed by atoms with Crippen molar-refractivity contribution >= 4 is 43.5 Å². The van der Waals surface area contributed by atoms with Crippen LogP contribution in [0.25, 0.3) is 21.1 Å². The molecule has 1 amide bonds. The van der Waals surface area contributed by atoms with Crippen LogP contribution in [-0.2, 0) is 11.3 Å². The SMILES string of the molecule is O=C(Cn1nnc2ccccc2c1=O)Nc1nc2ccccc2s1. The van der Waals surface area contributed by atoms with Gasteiger partial charge in [0, 0.05) is 0 Å². The number of thiazole rings is 1. The Hall–Kier alpha value is -3.13. The number of carbonyl (C=O) groups is 1. The number of nitrogens with one attached hydrogen (secondary N) is 1. The van der Waals surface area contributed by atoms with Gasteiger partial charge < -0.3 is 5.32 Å². The van der Waals surface area contributed by atoms with Crippen molar-refractivity contribution in [3.05, 3.63) is 58.9 Å². The van der Waals surface area contributed by atoms with Gasteiger partial charge >= 0.3 is 0 Å². The van der Waals surface area contributed by atoms with E-state index < -0.39 is 0 Å². The fourth-order valence-corrected chi connectivity index (χ4v) is 3.23. The van der Waals surface area contributed by atoms with E-state index in [0.717, 1.165) is 14.9 Å². The molecule has 118 valence electrons. The Labute approximate surface area is 139 Å². The van der Waals surface area contributed by atoms with Crippen molar-refractivity contribution in [2.75, 3.05) is 5.32 Å². The van der Waals surface area contributed by atoms with Gasteiger partial charge in [-0.15, -0.1) is 5.10 Å². The predicted molar refractivity (Wildman–Crippen MR) is 92.0 cm³/mol. The summed E-state index contributed by atoms with van der Waals surface area (Å²) in [5, 5.41) is 11.4. The summed E-state index contributed by atoms with van der Waals surface area (Å²) < 4.78 is 2.03. The summed E-state index contributed by atoms with van der Waals surface area (Å²) in [6.45, 7) is -0.216. The fraction of sp³-hybridized carbons (Fsp3) is 0.0625. The molecule has 8 heteroatoms. The number of amides is 1. The summed E-state index contributed by atoms with van der Waals surface area (Å²) in [6, 6.07) is 14.5. The molecule has 0 bridgehead atoms. The minimum absolute atomic E-state index is 0.216. The number of aromatic nitrogens is 4. The van der Waals surface area contributed by atoms with Gasteiger partial charge in [0.1, 0.15) is 12.1 Å². The first-order valence-corrected chi connectivity index (χ1v) is 8.00. The number of hydrogen-bond acceptors (Lipinski definition) is 6. The molecule has 0 radical (unpaired) electrons. The van der Waals surface area contributed by atoms with Crippen LogP contribution in [0.3, 0.4) is 0 Å². The first-order chi connectivity index (χ1) is 11.7. The van der Waals surface area contributed by atoms with Gasteiger partial charge in [-0.3, -0.25) is 9.59 Å². The van der Waals surface area contributed by atoms with Gasteiger partial charge in [-0.25, -0.2) is 9.67 Å². The van der Waals surface area contributed by atoms with Crippen LogP contribution >= 0.6 is 11.3 Å². The maximum atomic E-state index is 12.3. The monoisotopic (exact) mass is 337 g/mol. The molecule has 0 aliphatic heterocycles. The van der Waals surface area contributed by atoms with E-state index in [1.54, 1.807) is 24.3 Å². The van der Waals surface area contributed by atoms with E-state index in [9.17, 15) is 9.59 Å². The van der Waals surface area contributed by atoms with Crippen molar-refractivity contribution in [3.63, 3.8) is 0 Å². The third kappa shape index (κ3) is 2.63. The number of carbonyl (C=O) groups excluding carboxylic acids is 1. The zero-order valence-electron chi connectivity index (χ0n) is 12.3. The average molecular weight is 337 g/mol. The maximum absolute atomic E-state index is 12.3. The number of nitrogens with zero attached hydrogens (tertiary/aromatic N) is 4. The lowest BCUT2D eigenvalue weighted by Gasteiger charge is -2.04. The summed E-state index contributed by atoms with van der Waals surface area (Å²) in [5.41, 5.74) is 0.978. The number of fused-ring (bicyclic) bond motifs is 2. The maximum Gasteiger partial charge on any atom is 0.278 e. The molecule has 0 aliphatic rings. The summed E-state index contributed by atoms with van der Waals surface area (Å²) >= 11 is 1.38. The van der Waals surface area contributed by atoms with Crippen LogP contribution in [0.1, 0.15) is 0 Å². The molecule has 0 saturated heterocycles. The number of para-hydroxylation sites is 1. The van der Waals surface area contributed by atoms with Crippen LogP contribution < -0.4 is 10.9 Å². The lowest BCUT2D eigenvalue weighted by Crippen LogP contribution is -2.30. The van der Waals surface area contributed by atoms with Crippen molar-refractivity contribution in [2.45, 2.75) is 6.54 Å². The predicted octanol–water partition coefficient (Wildman–Crippen LogP) is 2.04. The smallest absolute Gasteiger partial charge is 0.278 e. The molecule has 24 heavy (non-hydrogen) atoms. The fourth-order valence-electron chi connectivity index (χ4n) is 2.35. The Bertz CT molecular complexity index is 1090. The molecule has 4 aromatic rings. The molecule has 0 atom stereocenters. The molecule has 7 nitrogen and oxygen atoms in total. The Morgan fingerprint density at radius 1 is 1.08 bits per heavy atom. The summed E-state index contributed by atoms with van der Waals surface area (Å²) in [4.78, 5) is 28.8. The molecule has 0 fully saturated rings. The number of rotatable bonds is 3. The summed E-state index contributed by atoms with van der Waals surface area (Å²) in [7, 11) is 0. The van der Waals surface area contributed by atoms with E-state index in [4.69, 9.17) is 0 Å². The molecular formula is C16H11N5O2S. The average Bonchev–Trinajstić information content (AvgIpc) is 2.99. The van der Waals surface area contributed by atoms with E-state index in [2.05, 4.69) is 20.6 Å². The largest absolute Gasteiger partial charge is 0.300 e.